The predicted octanol–water partition coefficient (Wildman–Crippen LogP) is 2.04. The molecular weight excluding hydrogens is 234 g/mol. The quantitative estimate of drug-likeness (QED) is 0.876. The van der Waals surface area contributed by atoms with Crippen LogP contribution in [0.4, 0.5) is 0 Å². The Morgan fingerprint density at radius 2 is 1.94 bits per heavy atom. The Labute approximate surface area is 104 Å². The molecule has 2 unspecified atom stereocenters. The summed E-state index contributed by atoms with van der Waals surface area (Å²) in [4.78, 5) is 0. The van der Waals surface area contributed by atoms with E-state index in [-0.39, 0.29) is 17.0 Å². The SMILES string of the molecule is Cc1cccc(CS(=O)(=O)C(C)CC(C)N)c1. The minimum absolute atomic E-state index is 0.0858. The molecule has 0 aliphatic heterocycles. The van der Waals surface area contributed by atoms with Gasteiger partial charge in [0.25, 0.3) is 0 Å². The molecule has 96 valence electrons. The van der Waals surface area contributed by atoms with Gasteiger partial charge in [0.2, 0.25) is 0 Å². The fourth-order valence-corrected chi connectivity index (χ4v) is 3.37. The van der Waals surface area contributed by atoms with Crippen LogP contribution in [0.2, 0.25) is 0 Å². The third-order valence-corrected chi connectivity index (χ3v) is 4.92. The molecule has 0 aliphatic rings. The maximum Gasteiger partial charge on any atom is 0.157 e. The van der Waals surface area contributed by atoms with E-state index < -0.39 is 9.84 Å². The third-order valence-electron chi connectivity index (χ3n) is 2.77. The molecule has 4 heteroatoms. The highest BCUT2D eigenvalue weighted by molar-refractivity contribution is 7.91. The second-order valence-corrected chi connectivity index (χ2v) is 7.24. The van der Waals surface area contributed by atoms with Gasteiger partial charge in [-0.2, -0.15) is 0 Å². The number of benzene rings is 1. The summed E-state index contributed by atoms with van der Waals surface area (Å²) in [6.07, 6.45) is 0.508. The molecule has 1 rings (SSSR count). The van der Waals surface area contributed by atoms with Crippen molar-refractivity contribution in [3.63, 3.8) is 0 Å². The van der Waals surface area contributed by atoms with Crippen molar-refractivity contribution in [1.82, 2.24) is 0 Å². The average Bonchev–Trinajstić information content (AvgIpc) is 2.15. The zero-order valence-electron chi connectivity index (χ0n) is 10.7. The van der Waals surface area contributed by atoms with E-state index in [1.54, 1.807) is 6.92 Å². The van der Waals surface area contributed by atoms with Crippen LogP contribution in [-0.4, -0.2) is 19.7 Å². The number of nitrogens with two attached hydrogens (primary N) is 1. The summed E-state index contributed by atoms with van der Waals surface area (Å²) in [6.45, 7) is 5.52. The topological polar surface area (TPSA) is 60.2 Å². The molecule has 2 atom stereocenters. The van der Waals surface area contributed by atoms with Crippen LogP contribution in [0.25, 0.3) is 0 Å². The maximum atomic E-state index is 12.1. The molecule has 0 bridgehead atoms. The molecule has 0 aliphatic carbocycles. The molecule has 0 amide bonds. The van der Waals surface area contributed by atoms with E-state index in [0.717, 1.165) is 11.1 Å². The number of hydrogen-bond donors (Lipinski definition) is 1. The Balaban J connectivity index is 2.79. The summed E-state index contributed by atoms with van der Waals surface area (Å²) in [7, 11) is -3.11. The molecule has 0 saturated carbocycles. The second kappa shape index (κ2) is 5.65. The fraction of sp³-hybridized carbons (Fsp3) is 0.538. The van der Waals surface area contributed by atoms with E-state index in [9.17, 15) is 8.42 Å². The van der Waals surface area contributed by atoms with E-state index in [1.165, 1.54) is 0 Å². The minimum Gasteiger partial charge on any atom is -0.328 e. The van der Waals surface area contributed by atoms with Crippen LogP contribution in [0.3, 0.4) is 0 Å². The van der Waals surface area contributed by atoms with Gasteiger partial charge in [-0.05, 0) is 32.8 Å². The van der Waals surface area contributed by atoms with Crippen LogP contribution in [-0.2, 0) is 15.6 Å². The minimum atomic E-state index is -3.11. The molecule has 0 radical (unpaired) electrons. The normalized spacial score (nSPS) is 15.5. The first-order valence-electron chi connectivity index (χ1n) is 5.84. The number of rotatable bonds is 5. The van der Waals surface area contributed by atoms with Crippen molar-refractivity contribution in [2.24, 2.45) is 5.73 Å². The van der Waals surface area contributed by atoms with Crippen molar-refractivity contribution in [3.05, 3.63) is 35.4 Å². The van der Waals surface area contributed by atoms with Gasteiger partial charge in [-0.15, -0.1) is 0 Å². The highest BCUT2D eigenvalue weighted by Crippen LogP contribution is 2.15. The van der Waals surface area contributed by atoms with E-state index in [0.29, 0.717) is 6.42 Å². The Kier molecular flexibility index (Phi) is 4.71. The van der Waals surface area contributed by atoms with Gasteiger partial charge in [-0.3, -0.25) is 0 Å². The highest BCUT2D eigenvalue weighted by atomic mass is 32.2. The van der Waals surface area contributed by atoms with Gasteiger partial charge in [0.1, 0.15) is 0 Å². The van der Waals surface area contributed by atoms with Crippen LogP contribution in [0.15, 0.2) is 24.3 Å². The molecule has 1 aromatic carbocycles. The number of hydrogen-bond acceptors (Lipinski definition) is 3. The lowest BCUT2D eigenvalue weighted by Gasteiger charge is -2.15. The lowest BCUT2D eigenvalue weighted by atomic mass is 10.2. The van der Waals surface area contributed by atoms with Gasteiger partial charge in [-0.25, -0.2) is 8.42 Å². The number of aryl methyl sites for hydroxylation is 1. The van der Waals surface area contributed by atoms with Crippen LogP contribution >= 0.6 is 0 Å². The van der Waals surface area contributed by atoms with E-state index >= 15 is 0 Å². The highest BCUT2D eigenvalue weighted by Gasteiger charge is 2.22. The standard InChI is InChI=1S/C13H21NO2S/c1-10-5-4-6-13(7-10)9-17(15,16)12(3)8-11(2)14/h4-7,11-12H,8-9,14H2,1-3H3. The van der Waals surface area contributed by atoms with Gasteiger partial charge in [0.15, 0.2) is 9.84 Å². The van der Waals surface area contributed by atoms with E-state index in [2.05, 4.69) is 0 Å². The van der Waals surface area contributed by atoms with Gasteiger partial charge < -0.3 is 5.73 Å². The third kappa shape index (κ3) is 4.48. The summed E-state index contributed by atoms with van der Waals surface area (Å²) < 4.78 is 24.2. The van der Waals surface area contributed by atoms with Crippen LogP contribution in [0.5, 0.6) is 0 Å². The molecule has 0 spiro atoms. The first kappa shape index (κ1) is 14.2. The summed E-state index contributed by atoms with van der Waals surface area (Å²) in [6, 6.07) is 7.52. The smallest absolute Gasteiger partial charge is 0.157 e. The molecule has 3 nitrogen and oxygen atoms in total. The molecule has 0 aromatic heterocycles. The van der Waals surface area contributed by atoms with Crippen molar-refractivity contribution in [1.29, 1.82) is 0 Å². The Bertz CT molecular complexity index is 466. The first-order chi connectivity index (χ1) is 7.81. The number of sulfone groups is 1. The zero-order chi connectivity index (χ0) is 13.1. The summed E-state index contributed by atoms with van der Waals surface area (Å²) in [5.41, 5.74) is 7.57. The maximum absolute atomic E-state index is 12.1. The van der Waals surface area contributed by atoms with Crippen LogP contribution < -0.4 is 5.73 Å². The first-order valence-corrected chi connectivity index (χ1v) is 7.55. The van der Waals surface area contributed by atoms with Gasteiger partial charge >= 0.3 is 0 Å². The van der Waals surface area contributed by atoms with Crippen molar-refractivity contribution in [2.75, 3.05) is 0 Å². The lowest BCUT2D eigenvalue weighted by molar-refractivity contribution is 0.562. The van der Waals surface area contributed by atoms with Crippen LogP contribution in [0, 0.1) is 6.92 Å². The van der Waals surface area contributed by atoms with E-state index in [4.69, 9.17) is 5.73 Å². The monoisotopic (exact) mass is 255 g/mol. The summed E-state index contributed by atoms with van der Waals surface area (Å²) in [5.74, 6) is 0.0998. The van der Waals surface area contributed by atoms with E-state index in [1.807, 2.05) is 38.1 Å². The molecular formula is C13H21NO2S. The van der Waals surface area contributed by atoms with Crippen molar-refractivity contribution in [2.45, 2.75) is 44.2 Å². The second-order valence-electron chi connectivity index (χ2n) is 4.82. The summed E-state index contributed by atoms with van der Waals surface area (Å²) in [5, 5.41) is -0.386. The van der Waals surface area contributed by atoms with Crippen molar-refractivity contribution < 1.29 is 8.42 Å². The molecule has 17 heavy (non-hydrogen) atoms. The summed E-state index contributed by atoms with van der Waals surface area (Å²) >= 11 is 0. The molecule has 0 heterocycles. The van der Waals surface area contributed by atoms with Gasteiger partial charge in [0.05, 0.1) is 11.0 Å². The lowest BCUT2D eigenvalue weighted by Crippen LogP contribution is -2.28. The molecule has 1 aromatic rings. The molecule has 0 saturated heterocycles. The Hall–Kier alpha value is -0.870. The molecule has 0 fully saturated rings. The van der Waals surface area contributed by atoms with Gasteiger partial charge in [-0.1, -0.05) is 29.8 Å². The van der Waals surface area contributed by atoms with Gasteiger partial charge in [0, 0.05) is 6.04 Å². The zero-order valence-corrected chi connectivity index (χ0v) is 11.5. The Morgan fingerprint density at radius 3 is 2.47 bits per heavy atom. The van der Waals surface area contributed by atoms with Crippen molar-refractivity contribution in [3.8, 4) is 0 Å². The fourth-order valence-electron chi connectivity index (χ4n) is 1.85. The molecule has 2 N–H and O–H groups in total. The Morgan fingerprint density at radius 1 is 1.29 bits per heavy atom. The predicted molar refractivity (Wildman–Crippen MR) is 71.5 cm³/mol. The van der Waals surface area contributed by atoms with Crippen LogP contribution in [0.1, 0.15) is 31.4 Å². The average molecular weight is 255 g/mol. The van der Waals surface area contributed by atoms with Crippen molar-refractivity contribution >= 4 is 9.84 Å². The largest absolute Gasteiger partial charge is 0.328 e.